The molecule has 0 amide bonds. The van der Waals surface area contributed by atoms with Crippen LogP contribution in [-0.4, -0.2) is 12.2 Å². The quantitative estimate of drug-likeness (QED) is 0.623. The predicted molar refractivity (Wildman–Crippen MR) is 78.4 cm³/mol. The van der Waals surface area contributed by atoms with E-state index < -0.39 is 5.66 Å². The third-order valence-electron chi connectivity index (χ3n) is 4.13. The number of nitrogens with zero attached hydrogens (tertiary/aromatic N) is 2. The van der Waals surface area contributed by atoms with Crippen LogP contribution in [0.15, 0.2) is 9.98 Å². The van der Waals surface area contributed by atoms with Gasteiger partial charge in [0, 0.05) is 5.56 Å². The standard InChI is InChI=1S/C16H20N2O2/c1-7-14-10(2)12(4)15(13(5)11(14)3)16(6,17-8-19)18-9-20/h7H2,1-6H3. The minimum atomic E-state index is -1.25. The molecule has 0 saturated carbocycles. The Morgan fingerprint density at radius 2 is 1.30 bits per heavy atom. The summed E-state index contributed by atoms with van der Waals surface area (Å²) in [4.78, 5) is 28.9. The summed E-state index contributed by atoms with van der Waals surface area (Å²) < 4.78 is 0. The first-order chi connectivity index (χ1) is 9.33. The van der Waals surface area contributed by atoms with Gasteiger partial charge in [-0.1, -0.05) is 6.92 Å². The van der Waals surface area contributed by atoms with E-state index in [1.165, 1.54) is 17.7 Å². The smallest absolute Gasteiger partial charge is 0.211 e. The van der Waals surface area contributed by atoms with Crippen LogP contribution < -0.4 is 0 Å². The van der Waals surface area contributed by atoms with Crippen LogP contribution in [0.25, 0.3) is 0 Å². The van der Waals surface area contributed by atoms with Crippen LogP contribution in [0.2, 0.25) is 0 Å². The maximum absolute atomic E-state index is 10.7. The van der Waals surface area contributed by atoms with Crippen molar-refractivity contribution in [1.82, 2.24) is 0 Å². The van der Waals surface area contributed by atoms with Gasteiger partial charge < -0.3 is 0 Å². The molecule has 0 aromatic heterocycles. The molecule has 0 heterocycles. The first-order valence-corrected chi connectivity index (χ1v) is 6.61. The minimum Gasteiger partial charge on any atom is -0.211 e. The first-order valence-electron chi connectivity index (χ1n) is 6.61. The van der Waals surface area contributed by atoms with Gasteiger partial charge in [0.25, 0.3) is 0 Å². The van der Waals surface area contributed by atoms with Crippen LogP contribution >= 0.6 is 0 Å². The molecule has 0 N–H and O–H groups in total. The fraction of sp³-hybridized carbons (Fsp3) is 0.500. The van der Waals surface area contributed by atoms with E-state index in [0.717, 1.165) is 34.2 Å². The molecular weight excluding hydrogens is 252 g/mol. The molecule has 4 heteroatoms. The number of isocyanates is 2. The molecule has 0 atom stereocenters. The van der Waals surface area contributed by atoms with Crippen molar-refractivity contribution in [2.24, 2.45) is 9.98 Å². The van der Waals surface area contributed by atoms with Crippen molar-refractivity contribution in [2.75, 3.05) is 0 Å². The second-order valence-electron chi connectivity index (χ2n) is 5.13. The zero-order valence-corrected chi connectivity index (χ0v) is 12.9. The number of hydrogen-bond donors (Lipinski definition) is 0. The lowest BCUT2D eigenvalue weighted by atomic mass is 9.83. The van der Waals surface area contributed by atoms with Gasteiger partial charge in [0.1, 0.15) is 0 Å². The monoisotopic (exact) mass is 272 g/mol. The highest BCUT2D eigenvalue weighted by Crippen LogP contribution is 2.37. The first kappa shape index (κ1) is 16.0. The number of aliphatic imine (C=N–C) groups is 2. The lowest BCUT2D eigenvalue weighted by Gasteiger charge is -2.26. The van der Waals surface area contributed by atoms with Crippen LogP contribution in [0, 0.1) is 27.7 Å². The zero-order valence-electron chi connectivity index (χ0n) is 12.9. The lowest BCUT2D eigenvalue weighted by Crippen LogP contribution is -2.21. The molecule has 1 aromatic carbocycles. The Hall–Kier alpha value is -2.02. The molecule has 0 saturated heterocycles. The molecule has 0 spiro atoms. The van der Waals surface area contributed by atoms with Gasteiger partial charge in [-0.25, -0.2) is 9.59 Å². The molecule has 0 aliphatic heterocycles. The SMILES string of the molecule is CCc1c(C)c(C)c(C(C)(N=C=O)N=C=O)c(C)c1C. The van der Waals surface area contributed by atoms with Gasteiger partial charge in [0.2, 0.25) is 12.2 Å². The van der Waals surface area contributed by atoms with Crippen LogP contribution in [0.1, 0.15) is 47.2 Å². The normalized spacial score (nSPS) is 13.1. The number of hydrogen-bond acceptors (Lipinski definition) is 4. The average molecular weight is 272 g/mol. The van der Waals surface area contributed by atoms with Gasteiger partial charge in [-0.3, -0.25) is 0 Å². The molecule has 1 aromatic rings. The molecule has 0 aliphatic rings. The van der Waals surface area contributed by atoms with E-state index in [1.54, 1.807) is 6.92 Å². The van der Waals surface area contributed by atoms with E-state index in [-0.39, 0.29) is 0 Å². The molecule has 106 valence electrons. The topological polar surface area (TPSA) is 58.9 Å². The van der Waals surface area contributed by atoms with Crippen LogP contribution in [-0.2, 0) is 21.7 Å². The Balaban J connectivity index is 3.86. The highest BCUT2D eigenvalue weighted by atomic mass is 16.1. The van der Waals surface area contributed by atoms with E-state index in [9.17, 15) is 9.59 Å². The molecule has 0 unspecified atom stereocenters. The van der Waals surface area contributed by atoms with E-state index in [4.69, 9.17) is 0 Å². The fourth-order valence-electron chi connectivity index (χ4n) is 2.95. The van der Waals surface area contributed by atoms with Gasteiger partial charge in [-0.2, -0.15) is 9.98 Å². The maximum Gasteiger partial charge on any atom is 0.237 e. The summed E-state index contributed by atoms with van der Waals surface area (Å²) in [7, 11) is 0. The molecule has 0 aliphatic carbocycles. The highest BCUT2D eigenvalue weighted by Gasteiger charge is 2.31. The minimum absolute atomic E-state index is 0.788. The second kappa shape index (κ2) is 5.96. The Kier molecular flexibility index (Phi) is 4.78. The average Bonchev–Trinajstić information content (AvgIpc) is 2.38. The molecular formula is C16H20N2O2. The third-order valence-corrected chi connectivity index (χ3v) is 4.13. The summed E-state index contributed by atoms with van der Waals surface area (Å²) in [5, 5.41) is 0. The van der Waals surface area contributed by atoms with Crippen LogP contribution in [0.5, 0.6) is 0 Å². The van der Waals surface area contributed by atoms with Crippen molar-refractivity contribution in [2.45, 2.75) is 53.6 Å². The van der Waals surface area contributed by atoms with E-state index in [2.05, 4.69) is 16.9 Å². The molecule has 4 nitrogen and oxygen atoms in total. The number of rotatable bonds is 4. The summed E-state index contributed by atoms with van der Waals surface area (Å²) in [6.45, 7) is 11.8. The third kappa shape index (κ3) is 2.49. The maximum atomic E-state index is 10.7. The summed E-state index contributed by atoms with van der Waals surface area (Å²) in [6, 6.07) is 0. The van der Waals surface area contributed by atoms with Crippen LogP contribution in [0.3, 0.4) is 0 Å². The van der Waals surface area contributed by atoms with E-state index in [1.807, 2.05) is 27.7 Å². The molecule has 0 bridgehead atoms. The van der Waals surface area contributed by atoms with Crippen molar-refractivity contribution in [3.05, 3.63) is 33.4 Å². The lowest BCUT2D eigenvalue weighted by molar-refractivity contribution is 0.488. The van der Waals surface area contributed by atoms with Crippen LogP contribution in [0.4, 0.5) is 0 Å². The number of carbonyl (C=O) groups excluding carboxylic acids is 2. The summed E-state index contributed by atoms with van der Waals surface area (Å²) in [5.74, 6) is 0. The summed E-state index contributed by atoms with van der Waals surface area (Å²) >= 11 is 0. The highest BCUT2D eigenvalue weighted by molar-refractivity contribution is 5.55. The summed E-state index contributed by atoms with van der Waals surface area (Å²) in [5.41, 5.74) is 5.14. The van der Waals surface area contributed by atoms with Gasteiger partial charge in [-0.05, 0) is 68.9 Å². The Labute approximate surface area is 119 Å². The van der Waals surface area contributed by atoms with Gasteiger partial charge in [0.05, 0.1) is 0 Å². The zero-order chi connectivity index (χ0) is 15.5. The Morgan fingerprint density at radius 3 is 1.60 bits per heavy atom. The van der Waals surface area contributed by atoms with Crippen molar-refractivity contribution in [3.63, 3.8) is 0 Å². The van der Waals surface area contributed by atoms with Crippen molar-refractivity contribution in [3.8, 4) is 0 Å². The van der Waals surface area contributed by atoms with Crippen molar-refractivity contribution in [1.29, 1.82) is 0 Å². The van der Waals surface area contributed by atoms with Gasteiger partial charge >= 0.3 is 0 Å². The van der Waals surface area contributed by atoms with E-state index >= 15 is 0 Å². The van der Waals surface area contributed by atoms with E-state index in [0.29, 0.717) is 0 Å². The Morgan fingerprint density at radius 1 is 0.900 bits per heavy atom. The molecule has 0 radical (unpaired) electrons. The number of benzene rings is 1. The molecule has 1 rings (SSSR count). The molecule has 0 fully saturated rings. The summed E-state index contributed by atoms with van der Waals surface area (Å²) in [6.07, 6.45) is 3.97. The Bertz CT molecular complexity index is 587. The molecule has 20 heavy (non-hydrogen) atoms. The largest absolute Gasteiger partial charge is 0.237 e. The van der Waals surface area contributed by atoms with Crippen molar-refractivity contribution < 1.29 is 9.59 Å². The fourth-order valence-corrected chi connectivity index (χ4v) is 2.95. The van der Waals surface area contributed by atoms with Crippen molar-refractivity contribution >= 4 is 12.2 Å². The van der Waals surface area contributed by atoms with Gasteiger partial charge in [-0.15, -0.1) is 0 Å². The predicted octanol–water partition coefficient (Wildman–Crippen LogP) is 3.33. The second-order valence-corrected chi connectivity index (χ2v) is 5.13. The van der Waals surface area contributed by atoms with Gasteiger partial charge in [0.15, 0.2) is 5.66 Å².